The van der Waals surface area contributed by atoms with Crippen LogP contribution in [0.1, 0.15) is 10.5 Å². The van der Waals surface area contributed by atoms with Crippen molar-refractivity contribution < 1.29 is 18.7 Å². The lowest BCUT2D eigenvalue weighted by Gasteiger charge is -2.06. The molecule has 0 spiro atoms. The first-order valence-corrected chi connectivity index (χ1v) is 5.40. The number of nitrogens with zero attached hydrogens (tertiary/aromatic N) is 2. The molecule has 1 aromatic carbocycles. The number of rotatable bonds is 3. The van der Waals surface area contributed by atoms with Gasteiger partial charge >= 0.3 is 5.97 Å². The molecule has 98 valence electrons. The van der Waals surface area contributed by atoms with E-state index in [2.05, 4.69) is 14.7 Å². The highest BCUT2D eigenvalue weighted by molar-refractivity contribution is 5.88. The van der Waals surface area contributed by atoms with E-state index in [0.29, 0.717) is 11.3 Å². The van der Waals surface area contributed by atoms with Gasteiger partial charge in [-0.3, -0.25) is 0 Å². The Balaban J connectivity index is 2.44. The maximum absolute atomic E-state index is 13.3. The predicted octanol–water partition coefficient (Wildman–Crippen LogP) is 2.08. The molecule has 0 radical (unpaired) electrons. The van der Waals surface area contributed by atoms with Crippen LogP contribution in [0.2, 0.25) is 0 Å². The molecule has 0 aliphatic carbocycles. The summed E-state index contributed by atoms with van der Waals surface area (Å²) in [6.07, 6.45) is 1.25. The topological polar surface area (TPSA) is 61.3 Å². The number of carbonyl (C=O) groups is 1. The molecular formula is C13H11FN2O3. The zero-order valence-electron chi connectivity index (χ0n) is 10.4. The third-order valence-corrected chi connectivity index (χ3v) is 2.51. The summed E-state index contributed by atoms with van der Waals surface area (Å²) in [7, 11) is 2.65. The summed E-state index contributed by atoms with van der Waals surface area (Å²) in [5.41, 5.74) is 1.23. The van der Waals surface area contributed by atoms with Crippen LogP contribution in [0.5, 0.6) is 5.75 Å². The molecule has 0 fully saturated rings. The van der Waals surface area contributed by atoms with E-state index in [4.69, 9.17) is 4.74 Å². The number of carbonyl (C=O) groups excluding carboxylic acids is 1. The van der Waals surface area contributed by atoms with Gasteiger partial charge in [0.15, 0.2) is 17.3 Å². The molecule has 19 heavy (non-hydrogen) atoms. The standard InChI is InChI=1S/C13H11FN2O3/c1-18-12-5-8(3-4-9(12)14)10-6-11(13(17)19-2)16-7-15-10/h3-7H,1-2H3. The number of hydrogen-bond donors (Lipinski definition) is 0. The molecule has 0 saturated carbocycles. The number of aromatic nitrogens is 2. The lowest BCUT2D eigenvalue weighted by atomic mass is 10.1. The molecule has 2 aromatic rings. The Kier molecular flexibility index (Phi) is 3.70. The van der Waals surface area contributed by atoms with Crippen LogP contribution in [0.25, 0.3) is 11.3 Å². The largest absolute Gasteiger partial charge is 0.494 e. The molecule has 1 aromatic heterocycles. The van der Waals surface area contributed by atoms with Gasteiger partial charge in [0.2, 0.25) is 0 Å². The summed E-state index contributed by atoms with van der Waals surface area (Å²) in [4.78, 5) is 19.2. The second kappa shape index (κ2) is 5.43. The molecule has 0 aliphatic rings. The van der Waals surface area contributed by atoms with Crippen LogP contribution in [-0.2, 0) is 4.74 Å². The van der Waals surface area contributed by atoms with E-state index < -0.39 is 11.8 Å². The normalized spacial score (nSPS) is 10.1. The van der Waals surface area contributed by atoms with Gasteiger partial charge in [0.25, 0.3) is 0 Å². The molecule has 6 heteroatoms. The zero-order chi connectivity index (χ0) is 13.8. The second-order valence-electron chi connectivity index (χ2n) is 3.63. The zero-order valence-corrected chi connectivity index (χ0v) is 10.4. The van der Waals surface area contributed by atoms with Crippen molar-refractivity contribution in [2.24, 2.45) is 0 Å². The summed E-state index contributed by atoms with van der Waals surface area (Å²) < 4.78 is 22.8. The van der Waals surface area contributed by atoms with Crippen molar-refractivity contribution >= 4 is 5.97 Å². The molecule has 1 heterocycles. The molecule has 0 N–H and O–H groups in total. The first kappa shape index (κ1) is 12.9. The molecule has 0 bridgehead atoms. The monoisotopic (exact) mass is 262 g/mol. The predicted molar refractivity (Wildman–Crippen MR) is 65.3 cm³/mol. The van der Waals surface area contributed by atoms with E-state index in [1.807, 2.05) is 0 Å². The summed E-state index contributed by atoms with van der Waals surface area (Å²) in [5, 5.41) is 0. The van der Waals surface area contributed by atoms with Crippen LogP contribution in [0.15, 0.2) is 30.6 Å². The SMILES string of the molecule is COC(=O)c1cc(-c2ccc(F)c(OC)c2)ncn1. The van der Waals surface area contributed by atoms with Gasteiger partial charge in [-0.25, -0.2) is 19.2 Å². The van der Waals surface area contributed by atoms with Crippen LogP contribution >= 0.6 is 0 Å². The number of esters is 1. The number of methoxy groups -OCH3 is 2. The van der Waals surface area contributed by atoms with Gasteiger partial charge in [0.05, 0.1) is 19.9 Å². The minimum Gasteiger partial charge on any atom is -0.494 e. The lowest BCUT2D eigenvalue weighted by molar-refractivity contribution is 0.0594. The fourth-order valence-corrected chi connectivity index (χ4v) is 1.55. The second-order valence-corrected chi connectivity index (χ2v) is 3.63. The Morgan fingerprint density at radius 2 is 2.00 bits per heavy atom. The highest BCUT2D eigenvalue weighted by atomic mass is 19.1. The molecule has 2 rings (SSSR count). The molecule has 0 aliphatic heterocycles. The molecule has 5 nitrogen and oxygen atoms in total. The Hall–Kier alpha value is -2.50. The molecular weight excluding hydrogens is 251 g/mol. The van der Waals surface area contributed by atoms with Crippen molar-refractivity contribution in [2.75, 3.05) is 14.2 Å². The first-order chi connectivity index (χ1) is 9.15. The van der Waals surface area contributed by atoms with Crippen molar-refractivity contribution in [3.8, 4) is 17.0 Å². The van der Waals surface area contributed by atoms with Gasteiger partial charge in [0, 0.05) is 5.56 Å². The van der Waals surface area contributed by atoms with Gasteiger partial charge in [0.1, 0.15) is 6.33 Å². The number of benzene rings is 1. The smallest absolute Gasteiger partial charge is 0.356 e. The fourth-order valence-electron chi connectivity index (χ4n) is 1.55. The van der Waals surface area contributed by atoms with Crippen LogP contribution in [0.4, 0.5) is 4.39 Å². The maximum Gasteiger partial charge on any atom is 0.356 e. The number of halogens is 1. The number of ether oxygens (including phenoxy) is 2. The number of hydrogen-bond acceptors (Lipinski definition) is 5. The van der Waals surface area contributed by atoms with Gasteiger partial charge in [-0.15, -0.1) is 0 Å². The molecule has 0 unspecified atom stereocenters. The molecule has 0 saturated heterocycles. The van der Waals surface area contributed by atoms with Crippen LogP contribution in [-0.4, -0.2) is 30.2 Å². The summed E-state index contributed by atoms with van der Waals surface area (Å²) in [5.74, 6) is -0.915. The van der Waals surface area contributed by atoms with Crippen LogP contribution in [0.3, 0.4) is 0 Å². The minimum absolute atomic E-state index is 0.107. The van der Waals surface area contributed by atoms with Gasteiger partial charge < -0.3 is 9.47 Å². The van der Waals surface area contributed by atoms with Gasteiger partial charge in [-0.05, 0) is 24.3 Å². The summed E-state index contributed by atoms with van der Waals surface area (Å²) in [6, 6.07) is 5.78. The van der Waals surface area contributed by atoms with Crippen molar-refractivity contribution in [1.29, 1.82) is 0 Å². The quantitative estimate of drug-likeness (QED) is 0.792. The van der Waals surface area contributed by atoms with Gasteiger partial charge in [-0.2, -0.15) is 0 Å². The van der Waals surface area contributed by atoms with E-state index in [0.717, 1.165) is 0 Å². The molecule has 0 atom stereocenters. The van der Waals surface area contributed by atoms with Crippen LogP contribution < -0.4 is 4.74 Å². The van der Waals surface area contributed by atoms with Gasteiger partial charge in [-0.1, -0.05) is 0 Å². The first-order valence-electron chi connectivity index (χ1n) is 5.40. The Bertz CT molecular complexity index is 617. The molecule has 0 amide bonds. The summed E-state index contributed by atoms with van der Waals surface area (Å²) in [6.45, 7) is 0. The average Bonchev–Trinajstić information content (AvgIpc) is 2.47. The Labute approximate surface area is 109 Å². The average molecular weight is 262 g/mol. The highest BCUT2D eigenvalue weighted by Crippen LogP contribution is 2.25. The van der Waals surface area contributed by atoms with Crippen LogP contribution in [0, 0.1) is 5.82 Å². The van der Waals surface area contributed by atoms with Crippen molar-refractivity contribution in [1.82, 2.24) is 9.97 Å². The van der Waals surface area contributed by atoms with E-state index >= 15 is 0 Å². The van der Waals surface area contributed by atoms with E-state index in [1.54, 1.807) is 6.07 Å². The van der Waals surface area contributed by atoms with Crippen molar-refractivity contribution in [3.05, 3.63) is 42.1 Å². The van der Waals surface area contributed by atoms with Crippen molar-refractivity contribution in [2.45, 2.75) is 0 Å². The van der Waals surface area contributed by atoms with Crippen molar-refractivity contribution in [3.63, 3.8) is 0 Å². The summed E-state index contributed by atoms with van der Waals surface area (Å²) >= 11 is 0. The third-order valence-electron chi connectivity index (χ3n) is 2.51. The highest BCUT2D eigenvalue weighted by Gasteiger charge is 2.11. The fraction of sp³-hybridized carbons (Fsp3) is 0.154. The van der Waals surface area contributed by atoms with E-state index in [9.17, 15) is 9.18 Å². The third kappa shape index (κ3) is 2.67. The lowest BCUT2D eigenvalue weighted by Crippen LogP contribution is -2.04. The maximum atomic E-state index is 13.3. The van der Waals surface area contributed by atoms with E-state index in [1.165, 1.54) is 38.7 Å². The minimum atomic E-state index is -0.558. The Morgan fingerprint density at radius 1 is 1.21 bits per heavy atom. The van der Waals surface area contributed by atoms with E-state index in [-0.39, 0.29) is 11.4 Å². The Morgan fingerprint density at radius 3 is 2.68 bits per heavy atom.